The second-order valence-corrected chi connectivity index (χ2v) is 8.58. The second-order valence-electron chi connectivity index (χ2n) is 6.86. The summed E-state index contributed by atoms with van der Waals surface area (Å²) >= 11 is 0. The van der Waals surface area contributed by atoms with Crippen molar-refractivity contribution < 1.29 is 22.8 Å². The van der Waals surface area contributed by atoms with E-state index in [0.29, 0.717) is 0 Å². The van der Waals surface area contributed by atoms with Gasteiger partial charge in [0, 0.05) is 6.04 Å². The number of aliphatic hydroxyl groups is 1. The first kappa shape index (κ1) is 18.4. The number of hydrogen-bond acceptors (Lipinski definition) is 5. The molecule has 0 aromatic heterocycles. The van der Waals surface area contributed by atoms with Crippen molar-refractivity contribution in [3.05, 3.63) is 24.3 Å². The molecule has 1 unspecified atom stereocenters. The van der Waals surface area contributed by atoms with Crippen LogP contribution in [0.25, 0.3) is 0 Å². The standard InChI is InChI=1S/C15H24BNO5S/c1-11(10-18)17-23(19,20)13-8-6-12(7-9-13)16-21-14(2,3)15(4,5)22-16/h6-9,11,17-18H,10H2,1-5H3. The van der Waals surface area contributed by atoms with Gasteiger partial charge in [0.15, 0.2) is 0 Å². The van der Waals surface area contributed by atoms with Crippen LogP contribution in [0.2, 0.25) is 0 Å². The number of hydrogen-bond donors (Lipinski definition) is 2. The van der Waals surface area contributed by atoms with Crippen molar-refractivity contribution in [2.24, 2.45) is 0 Å². The van der Waals surface area contributed by atoms with Crippen LogP contribution in [0.1, 0.15) is 34.6 Å². The van der Waals surface area contributed by atoms with Crippen LogP contribution in [0.4, 0.5) is 0 Å². The molecular formula is C15H24BNO5S. The minimum atomic E-state index is -3.65. The Morgan fingerprint density at radius 2 is 1.61 bits per heavy atom. The molecule has 0 spiro atoms. The van der Waals surface area contributed by atoms with E-state index < -0.39 is 34.4 Å². The van der Waals surface area contributed by atoms with E-state index in [1.165, 1.54) is 12.1 Å². The van der Waals surface area contributed by atoms with E-state index in [1.54, 1.807) is 19.1 Å². The molecule has 23 heavy (non-hydrogen) atoms. The molecule has 1 atom stereocenters. The first-order chi connectivity index (χ1) is 10.5. The van der Waals surface area contributed by atoms with E-state index in [4.69, 9.17) is 14.4 Å². The van der Waals surface area contributed by atoms with Crippen LogP contribution >= 0.6 is 0 Å². The van der Waals surface area contributed by atoms with Gasteiger partial charge in [0.05, 0.1) is 22.7 Å². The lowest BCUT2D eigenvalue weighted by Crippen LogP contribution is -2.41. The molecule has 2 rings (SSSR count). The van der Waals surface area contributed by atoms with Crippen LogP contribution in [0.5, 0.6) is 0 Å². The highest BCUT2D eigenvalue weighted by Gasteiger charge is 2.51. The lowest BCUT2D eigenvalue weighted by atomic mass is 9.79. The molecule has 1 fully saturated rings. The molecule has 1 aromatic rings. The lowest BCUT2D eigenvalue weighted by molar-refractivity contribution is 0.00578. The van der Waals surface area contributed by atoms with Gasteiger partial charge < -0.3 is 14.4 Å². The van der Waals surface area contributed by atoms with E-state index in [0.717, 1.165) is 5.46 Å². The molecule has 1 aliphatic rings. The molecular weight excluding hydrogens is 317 g/mol. The smallest absolute Gasteiger partial charge is 0.399 e. The summed E-state index contributed by atoms with van der Waals surface area (Å²) in [6.07, 6.45) is 0. The minimum Gasteiger partial charge on any atom is -0.399 e. The van der Waals surface area contributed by atoms with Crippen LogP contribution < -0.4 is 10.2 Å². The van der Waals surface area contributed by atoms with Crippen molar-refractivity contribution in [2.45, 2.75) is 56.8 Å². The highest BCUT2D eigenvalue weighted by molar-refractivity contribution is 7.89. The number of sulfonamides is 1. The summed E-state index contributed by atoms with van der Waals surface area (Å²) < 4.78 is 38.6. The Bertz CT molecular complexity index is 641. The summed E-state index contributed by atoms with van der Waals surface area (Å²) in [5, 5.41) is 8.97. The Kier molecular flexibility index (Phi) is 4.95. The van der Waals surface area contributed by atoms with Crippen molar-refractivity contribution in [3.63, 3.8) is 0 Å². The summed E-state index contributed by atoms with van der Waals surface area (Å²) in [6, 6.07) is 5.84. The third kappa shape index (κ3) is 3.77. The summed E-state index contributed by atoms with van der Waals surface area (Å²) in [6.45, 7) is 9.19. The first-order valence-electron chi connectivity index (χ1n) is 7.57. The highest BCUT2D eigenvalue weighted by atomic mass is 32.2. The van der Waals surface area contributed by atoms with Crippen LogP contribution in [0.15, 0.2) is 29.2 Å². The van der Waals surface area contributed by atoms with Gasteiger partial charge in [0.2, 0.25) is 10.0 Å². The maximum Gasteiger partial charge on any atom is 0.494 e. The predicted octanol–water partition coefficient (Wildman–Crippen LogP) is 0.645. The molecule has 128 valence electrons. The summed E-state index contributed by atoms with van der Waals surface area (Å²) in [7, 11) is -4.18. The summed E-state index contributed by atoms with van der Waals surface area (Å²) in [4.78, 5) is 0.137. The minimum absolute atomic E-state index is 0.137. The van der Waals surface area contributed by atoms with E-state index in [-0.39, 0.29) is 11.5 Å². The molecule has 0 aliphatic carbocycles. The Morgan fingerprint density at radius 1 is 1.13 bits per heavy atom. The largest absolute Gasteiger partial charge is 0.494 e. The molecule has 0 radical (unpaired) electrons. The van der Waals surface area contributed by atoms with Crippen LogP contribution in [0.3, 0.4) is 0 Å². The molecule has 1 saturated heterocycles. The van der Waals surface area contributed by atoms with Crippen molar-refractivity contribution >= 4 is 22.6 Å². The fourth-order valence-corrected chi connectivity index (χ4v) is 3.39. The summed E-state index contributed by atoms with van der Waals surface area (Å²) in [5.74, 6) is 0. The van der Waals surface area contributed by atoms with Gasteiger partial charge in [-0.25, -0.2) is 13.1 Å². The van der Waals surface area contributed by atoms with Gasteiger partial charge in [-0.2, -0.15) is 0 Å². The van der Waals surface area contributed by atoms with Gasteiger partial charge in [0.25, 0.3) is 0 Å². The fourth-order valence-electron chi connectivity index (χ4n) is 2.15. The zero-order chi connectivity index (χ0) is 17.5. The van der Waals surface area contributed by atoms with Gasteiger partial charge in [-0.3, -0.25) is 0 Å². The average Bonchev–Trinajstić information content (AvgIpc) is 2.67. The monoisotopic (exact) mass is 341 g/mol. The molecule has 0 bridgehead atoms. The Balaban J connectivity index is 2.18. The molecule has 8 heteroatoms. The number of nitrogens with one attached hydrogen (secondary N) is 1. The number of benzene rings is 1. The molecule has 2 N–H and O–H groups in total. The van der Waals surface area contributed by atoms with Gasteiger partial charge in [-0.15, -0.1) is 0 Å². The highest BCUT2D eigenvalue weighted by Crippen LogP contribution is 2.36. The van der Waals surface area contributed by atoms with E-state index in [2.05, 4.69) is 4.72 Å². The zero-order valence-corrected chi connectivity index (χ0v) is 15.0. The normalized spacial score (nSPS) is 21.4. The quantitative estimate of drug-likeness (QED) is 0.768. The third-order valence-corrected chi connectivity index (χ3v) is 5.95. The maximum absolute atomic E-state index is 12.2. The van der Waals surface area contributed by atoms with Crippen LogP contribution in [-0.2, 0) is 19.3 Å². The SMILES string of the molecule is CC(CO)NS(=O)(=O)c1ccc(B2OC(C)(C)C(C)(C)O2)cc1. The van der Waals surface area contributed by atoms with E-state index in [1.807, 2.05) is 27.7 Å². The number of aliphatic hydroxyl groups excluding tert-OH is 1. The molecule has 1 aliphatic heterocycles. The van der Waals surface area contributed by atoms with E-state index >= 15 is 0 Å². The predicted molar refractivity (Wildman–Crippen MR) is 89.0 cm³/mol. The lowest BCUT2D eigenvalue weighted by Gasteiger charge is -2.32. The van der Waals surface area contributed by atoms with Gasteiger partial charge in [-0.1, -0.05) is 12.1 Å². The molecule has 1 heterocycles. The van der Waals surface area contributed by atoms with Gasteiger partial charge in [0.1, 0.15) is 0 Å². The maximum atomic E-state index is 12.2. The molecule has 6 nitrogen and oxygen atoms in total. The second kappa shape index (κ2) is 6.18. The Hall–Kier alpha value is -0.925. The average molecular weight is 341 g/mol. The topological polar surface area (TPSA) is 84.9 Å². The zero-order valence-electron chi connectivity index (χ0n) is 14.2. The number of rotatable bonds is 5. The van der Waals surface area contributed by atoms with Crippen LogP contribution in [-0.4, -0.2) is 44.5 Å². The molecule has 0 amide bonds. The molecule has 0 saturated carbocycles. The van der Waals surface area contributed by atoms with Crippen LogP contribution in [0, 0.1) is 0 Å². The first-order valence-corrected chi connectivity index (χ1v) is 9.05. The Labute approximate surface area is 138 Å². The molecule has 1 aromatic carbocycles. The third-order valence-electron chi connectivity index (χ3n) is 4.35. The van der Waals surface area contributed by atoms with Gasteiger partial charge in [-0.05, 0) is 52.2 Å². The van der Waals surface area contributed by atoms with Gasteiger partial charge >= 0.3 is 7.12 Å². The van der Waals surface area contributed by atoms with Crippen molar-refractivity contribution in [3.8, 4) is 0 Å². The van der Waals surface area contributed by atoms with Crippen molar-refractivity contribution in [1.82, 2.24) is 4.72 Å². The summed E-state index contributed by atoms with van der Waals surface area (Å²) in [5.41, 5.74) is -0.126. The van der Waals surface area contributed by atoms with Crippen molar-refractivity contribution in [2.75, 3.05) is 6.61 Å². The Morgan fingerprint density at radius 3 is 2.04 bits per heavy atom. The van der Waals surface area contributed by atoms with E-state index in [9.17, 15) is 8.42 Å². The van der Waals surface area contributed by atoms with Crippen molar-refractivity contribution in [1.29, 1.82) is 0 Å². The fraction of sp³-hybridized carbons (Fsp3) is 0.600.